The van der Waals surface area contributed by atoms with E-state index >= 15 is 0 Å². The Bertz CT molecular complexity index is 872. The molecule has 0 unspecified atom stereocenters. The largest absolute Gasteiger partial charge is 0.436 e. The van der Waals surface area contributed by atoms with Crippen molar-refractivity contribution >= 4 is 17.7 Å². The molecule has 1 N–H and O–H groups in total. The monoisotopic (exact) mass is 491 g/mol. The molecular formula is C27H42FN3O4. The van der Waals surface area contributed by atoms with Crippen molar-refractivity contribution in [1.29, 1.82) is 0 Å². The predicted octanol–water partition coefficient (Wildman–Crippen LogP) is 4.48. The standard InChI is InChI=1S/C27H42FN3O4/c1-19(17-31-18-27(2,3)22-16-21(28)11-12-23(22)31)29-26(33)35-24(15-20-9-7-6-8-10-20)25(32)30(4)13-14-34-5/h11-12,16,19-20,24H,6-10,13-15,17-18H2,1-5H3,(H,29,33)/t19-,24-/m0/s1. The summed E-state index contributed by atoms with van der Waals surface area (Å²) in [5.74, 6) is -0.0345. The molecule has 196 valence electrons. The molecule has 0 spiro atoms. The molecule has 2 aliphatic rings. The number of benzene rings is 1. The molecule has 0 aromatic heterocycles. The molecule has 3 rings (SSSR count). The molecular weight excluding hydrogens is 449 g/mol. The lowest BCUT2D eigenvalue weighted by Crippen LogP contribution is -2.47. The van der Waals surface area contributed by atoms with Crippen LogP contribution in [0.5, 0.6) is 0 Å². The van der Waals surface area contributed by atoms with Gasteiger partial charge in [-0.05, 0) is 43.0 Å². The number of carbonyl (C=O) groups is 2. The number of anilines is 1. The third-order valence-corrected chi connectivity index (χ3v) is 7.28. The summed E-state index contributed by atoms with van der Waals surface area (Å²) in [4.78, 5) is 29.7. The van der Waals surface area contributed by atoms with Gasteiger partial charge in [0.2, 0.25) is 0 Å². The highest BCUT2D eigenvalue weighted by molar-refractivity contribution is 5.83. The molecule has 1 heterocycles. The molecule has 2 atom stereocenters. The summed E-state index contributed by atoms with van der Waals surface area (Å²) in [5, 5.41) is 2.91. The van der Waals surface area contributed by atoms with E-state index in [-0.39, 0.29) is 23.2 Å². The number of likely N-dealkylation sites (N-methyl/N-ethyl adjacent to an activating group) is 1. The zero-order chi connectivity index (χ0) is 25.6. The van der Waals surface area contributed by atoms with Gasteiger partial charge in [-0.25, -0.2) is 9.18 Å². The molecule has 0 bridgehead atoms. The number of halogens is 1. The summed E-state index contributed by atoms with van der Waals surface area (Å²) in [6, 6.07) is 4.66. The van der Waals surface area contributed by atoms with Crippen LogP contribution in [0, 0.1) is 11.7 Å². The van der Waals surface area contributed by atoms with Crippen molar-refractivity contribution < 1.29 is 23.5 Å². The molecule has 2 amide bonds. The second kappa shape index (κ2) is 12.1. The molecule has 1 aliphatic carbocycles. The first-order chi connectivity index (χ1) is 16.6. The van der Waals surface area contributed by atoms with Crippen LogP contribution in [0.15, 0.2) is 18.2 Å². The number of methoxy groups -OCH3 is 1. The maximum atomic E-state index is 13.8. The van der Waals surface area contributed by atoms with Gasteiger partial charge in [-0.15, -0.1) is 0 Å². The van der Waals surface area contributed by atoms with Crippen molar-refractivity contribution in [2.45, 2.75) is 76.9 Å². The Morgan fingerprint density at radius 2 is 1.97 bits per heavy atom. The highest BCUT2D eigenvalue weighted by atomic mass is 19.1. The number of fused-ring (bicyclic) bond motifs is 1. The average Bonchev–Trinajstić information content (AvgIpc) is 3.05. The van der Waals surface area contributed by atoms with Crippen LogP contribution in [0.25, 0.3) is 0 Å². The number of nitrogens with one attached hydrogen (secondary N) is 1. The van der Waals surface area contributed by atoms with Gasteiger partial charge < -0.3 is 24.6 Å². The van der Waals surface area contributed by atoms with Gasteiger partial charge in [0.05, 0.1) is 6.61 Å². The van der Waals surface area contributed by atoms with E-state index in [1.165, 1.54) is 12.5 Å². The first-order valence-electron chi connectivity index (χ1n) is 12.9. The normalized spacial score (nSPS) is 19.1. The summed E-state index contributed by atoms with van der Waals surface area (Å²) in [5.41, 5.74) is 1.79. The minimum Gasteiger partial charge on any atom is -0.436 e. The predicted molar refractivity (Wildman–Crippen MR) is 135 cm³/mol. The minimum atomic E-state index is -0.804. The van der Waals surface area contributed by atoms with Crippen LogP contribution in [0.2, 0.25) is 0 Å². The zero-order valence-corrected chi connectivity index (χ0v) is 21.9. The van der Waals surface area contributed by atoms with Crippen LogP contribution in [0.4, 0.5) is 14.9 Å². The molecule has 1 aromatic rings. The fraction of sp³-hybridized carbons (Fsp3) is 0.704. The van der Waals surface area contributed by atoms with E-state index in [1.54, 1.807) is 31.2 Å². The Morgan fingerprint density at radius 3 is 2.66 bits per heavy atom. The van der Waals surface area contributed by atoms with Crippen LogP contribution in [-0.4, -0.2) is 69.4 Å². The van der Waals surface area contributed by atoms with E-state index in [9.17, 15) is 14.0 Å². The van der Waals surface area contributed by atoms with Gasteiger partial charge in [0, 0.05) is 50.9 Å². The van der Waals surface area contributed by atoms with E-state index in [2.05, 4.69) is 24.1 Å². The Morgan fingerprint density at radius 1 is 1.26 bits per heavy atom. The summed E-state index contributed by atoms with van der Waals surface area (Å²) in [6.45, 7) is 8.28. The van der Waals surface area contributed by atoms with Gasteiger partial charge >= 0.3 is 6.09 Å². The number of hydrogen-bond donors (Lipinski definition) is 1. The summed E-state index contributed by atoms with van der Waals surface area (Å²) in [7, 11) is 3.31. The number of ether oxygens (including phenoxy) is 2. The van der Waals surface area contributed by atoms with Crippen molar-refractivity contribution in [3.8, 4) is 0 Å². The number of alkyl carbamates (subject to hydrolysis) is 1. The fourth-order valence-corrected chi connectivity index (χ4v) is 5.39. The molecule has 1 fully saturated rings. The lowest BCUT2D eigenvalue weighted by atomic mass is 9.85. The highest BCUT2D eigenvalue weighted by Crippen LogP contribution is 2.40. The van der Waals surface area contributed by atoms with Crippen LogP contribution in [-0.2, 0) is 19.7 Å². The smallest absolute Gasteiger partial charge is 0.408 e. The van der Waals surface area contributed by atoms with Crippen molar-refractivity contribution in [3.63, 3.8) is 0 Å². The third-order valence-electron chi connectivity index (χ3n) is 7.28. The Labute approximate surface area is 209 Å². The second-order valence-corrected chi connectivity index (χ2v) is 10.9. The average molecular weight is 492 g/mol. The first-order valence-corrected chi connectivity index (χ1v) is 12.9. The topological polar surface area (TPSA) is 71.1 Å². The number of amides is 2. The lowest BCUT2D eigenvalue weighted by Gasteiger charge is -2.29. The molecule has 1 aliphatic heterocycles. The SMILES string of the molecule is COCCN(C)C(=O)[C@H](CC1CCCCC1)OC(=O)N[C@@H](C)CN1CC(C)(C)c2cc(F)ccc21. The number of nitrogens with zero attached hydrogens (tertiary/aromatic N) is 2. The first kappa shape index (κ1) is 27.2. The van der Waals surface area contributed by atoms with E-state index in [1.807, 2.05) is 6.92 Å². The second-order valence-electron chi connectivity index (χ2n) is 10.9. The van der Waals surface area contributed by atoms with Crippen LogP contribution in [0.1, 0.15) is 64.9 Å². The van der Waals surface area contributed by atoms with Gasteiger partial charge in [-0.1, -0.05) is 46.0 Å². The van der Waals surface area contributed by atoms with E-state index in [0.717, 1.165) is 43.5 Å². The van der Waals surface area contributed by atoms with Crippen LogP contribution < -0.4 is 10.2 Å². The van der Waals surface area contributed by atoms with Crippen molar-refractivity contribution in [3.05, 3.63) is 29.6 Å². The Balaban J connectivity index is 1.60. The maximum Gasteiger partial charge on any atom is 0.408 e. The molecule has 8 heteroatoms. The van der Waals surface area contributed by atoms with Gasteiger partial charge in [-0.2, -0.15) is 0 Å². The minimum absolute atomic E-state index is 0.179. The van der Waals surface area contributed by atoms with Gasteiger partial charge in [0.15, 0.2) is 6.10 Å². The van der Waals surface area contributed by atoms with E-state index in [0.29, 0.717) is 32.0 Å². The van der Waals surface area contributed by atoms with E-state index < -0.39 is 12.2 Å². The maximum absolute atomic E-state index is 13.8. The number of carbonyl (C=O) groups excluding carboxylic acids is 2. The molecule has 7 nitrogen and oxygen atoms in total. The van der Waals surface area contributed by atoms with E-state index in [4.69, 9.17) is 9.47 Å². The van der Waals surface area contributed by atoms with Crippen molar-refractivity contribution in [1.82, 2.24) is 10.2 Å². The fourth-order valence-electron chi connectivity index (χ4n) is 5.39. The molecule has 0 saturated heterocycles. The molecule has 35 heavy (non-hydrogen) atoms. The molecule has 1 saturated carbocycles. The molecule has 0 radical (unpaired) electrons. The van der Waals surface area contributed by atoms with Gasteiger partial charge in [-0.3, -0.25) is 4.79 Å². The summed E-state index contributed by atoms with van der Waals surface area (Å²) >= 11 is 0. The van der Waals surface area contributed by atoms with Crippen LogP contribution in [0.3, 0.4) is 0 Å². The van der Waals surface area contributed by atoms with Crippen molar-refractivity contribution in [2.75, 3.05) is 45.3 Å². The summed E-state index contributed by atoms with van der Waals surface area (Å²) < 4.78 is 24.6. The van der Waals surface area contributed by atoms with Gasteiger partial charge in [0.1, 0.15) is 5.82 Å². The Hall–Kier alpha value is -2.35. The lowest BCUT2D eigenvalue weighted by molar-refractivity contribution is -0.140. The number of hydrogen-bond acceptors (Lipinski definition) is 5. The quantitative estimate of drug-likeness (QED) is 0.523. The molecule has 1 aromatic carbocycles. The highest BCUT2D eigenvalue weighted by Gasteiger charge is 2.36. The van der Waals surface area contributed by atoms with Crippen LogP contribution >= 0.6 is 0 Å². The Kier molecular flexibility index (Phi) is 9.39. The summed E-state index contributed by atoms with van der Waals surface area (Å²) in [6.07, 6.45) is 4.85. The zero-order valence-electron chi connectivity index (χ0n) is 21.9. The van der Waals surface area contributed by atoms with Crippen molar-refractivity contribution in [2.24, 2.45) is 5.92 Å². The van der Waals surface area contributed by atoms with Gasteiger partial charge in [0.25, 0.3) is 5.91 Å². The third kappa shape index (κ3) is 7.32. The number of rotatable bonds is 10.